The third-order valence-electron chi connectivity index (χ3n) is 6.06. The van der Waals surface area contributed by atoms with E-state index < -0.39 is 18.0 Å². The van der Waals surface area contributed by atoms with Gasteiger partial charge in [0.1, 0.15) is 11.7 Å². The Hall–Kier alpha value is -3.66. The number of nitrogens with one attached hydrogen (secondary N) is 4. The standard InChI is InChI=1S/C25H25ClF3N5O2/c1-31-23-18(10-11-32-23)22(30)34-12-4-5-16(14-34)15-8-9-21(36-25(27,28)29)20(13-15)33-24(35)17-6-2-3-7-19(17)26/h2-3,6-11,13,16,30-32H,4-5,12,14H2,1H3,(H,33,35). The summed E-state index contributed by atoms with van der Waals surface area (Å²) in [6, 6.07) is 12.4. The number of hydrogen-bond donors (Lipinski definition) is 4. The lowest BCUT2D eigenvalue weighted by molar-refractivity contribution is -0.274. The first-order valence-electron chi connectivity index (χ1n) is 11.3. The fourth-order valence-electron chi connectivity index (χ4n) is 4.34. The Balaban J connectivity index is 1.60. The summed E-state index contributed by atoms with van der Waals surface area (Å²) in [6.45, 7) is 1.19. The molecule has 1 amide bonds. The van der Waals surface area contributed by atoms with Crippen molar-refractivity contribution in [2.45, 2.75) is 25.1 Å². The highest BCUT2D eigenvalue weighted by Crippen LogP contribution is 2.36. The van der Waals surface area contributed by atoms with Crippen LogP contribution in [0.2, 0.25) is 5.02 Å². The van der Waals surface area contributed by atoms with E-state index in [0.717, 1.165) is 29.8 Å². The average molecular weight is 520 g/mol. The van der Waals surface area contributed by atoms with Crippen molar-refractivity contribution in [3.05, 3.63) is 76.4 Å². The van der Waals surface area contributed by atoms with Crippen molar-refractivity contribution < 1.29 is 22.7 Å². The van der Waals surface area contributed by atoms with Crippen LogP contribution in [-0.2, 0) is 0 Å². The van der Waals surface area contributed by atoms with Gasteiger partial charge in [0.15, 0.2) is 5.75 Å². The highest BCUT2D eigenvalue weighted by molar-refractivity contribution is 6.34. The van der Waals surface area contributed by atoms with E-state index in [2.05, 4.69) is 20.4 Å². The van der Waals surface area contributed by atoms with Crippen molar-refractivity contribution in [3.8, 4) is 5.75 Å². The summed E-state index contributed by atoms with van der Waals surface area (Å²) in [5.74, 6) is -0.135. The third kappa shape index (κ3) is 5.76. The Morgan fingerprint density at radius 2 is 1.97 bits per heavy atom. The Morgan fingerprint density at radius 1 is 1.19 bits per heavy atom. The Bertz CT molecular complexity index is 1260. The number of rotatable bonds is 6. The van der Waals surface area contributed by atoms with Crippen LogP contribution in [-0.4, -0.2) is 48.1 Å². The number of nitrogens with zero attached hydrogens (tertiary/aromatic N) is 1. The van der Waals surface area contributed by atoms with Crippen molar-refractivity contribution >= 4 is 34.8 Å². The van der Waals surface area contributed by atoms with Gasteiger partial charge >= 0.3 is 6.36 Å². The van der Waals surface area contributed by atoms with Crippen molar-refractivity contribution in [1.82, 2.24) is 9.88 Å². The predicted molar refractivity (Wildman–Crippen MR) is 133 cm³/mol. The lowest BCUT2D eigenvalue weighted by Gasteiger charge is -2.35. The van der Waals surface area contributed by atoms with E-state index in [1.807, 2.05) is 11.0 Å². The average Bonchev–Trinajstić information content (AvgIpc) is 3.33. The summed E-state index contributed by atoms with van der Waals surface area (Å²) in [5, 5.41) is 14.4. The fraction of sp³-hybridized carbons (Fsp3) is 0.280. The molecule has 0 aliphatic carbocycles. The second kappa shape index (κ2) is 10.5. The highest BCUT2D eigenvalue weighted by Gasteiger charge is 2.33. The van der Waals surface area contributed by atoms with E-state index in [9.17, 15) is 18.0 Å². The van der Waals surface area contributed by atoms with Crippen LogP contribution in [0.5, 0.6) is 5.75 Å². The maximum absolute atomic E-state index is 13.0. The molecule has 0 spiro atoms. The van der Waals surface area contributed by atoms with Gasteiger partial charge in [-0.3, -0.25) is 10.2 Å². The number of likely N-dealkylation sites (tertiary alicyclic amines) is 1. The lowest BCUT2D eigenvalue weighted by atomic mass is 9.90. The Morgan fingerprint density at radius 3 is 2.69 bits per heavy atom. The zero-order valence-corrected chi connectivity index (χ0v) is 20.1. The molecule has 0 saturated carbocycles. The first-order chi connectivity index (χ1) is 17.2. The molecule has 1 aliphatic heterocycles. The number of carbonyl (C=O) groups excluding carboxylic acids is 1. The van der Waals surface area contributed by atoms with Crippen LogP contribution in [0, 0.1) is 5.41 Å². The number of ether oxygens (including phenoxy) is 1. The number of H-pyrrole nitrogens is 1. The van der Waals surface area contributed by atoms with Gasteiger partial charge in [-0.15, -0.1) is 13.2 Å². The Kier molecular flexibility index (Phi) is 7.44. The summed E-state index contributed by atoms with van der Waals surface area (Å²) in [7, 11) is 1.77. The maximum atomic E-state index is 13.0. The van der Waals surface area contributed by atoms with Crippen LogP contribution in [0.25, 0.3) is 0 Å². The summed E-state index contributed by atoms with van der Waals surface area (Å²) in [5.41, 5.74) is 1.50. The number of anilines is 2. The number of aromatic nitrogens is 1. The first-order valence-corrected chi connectivity index (χ1v) is 11.7. The second-order valence-corrected chi connectivity index (χ2v) is 8.79. The summed E-state index contributed by atoms with van der Waals surface area (Å²) < 4.78 is 43.3. The van der Waals surface area contributed by atoms with E-state index in [-0.39, 0.29) is 22.2 Å². The molecule has 1 fully saturated rings. The van der Waals surface area contributed by atoms with Crippen molar-refractivity contribution in [2.24, 2.45) is 0 Å². The van der Waals surface area contributed by atoms with Crippen LogP contribution in [0.3, 0.4) is 0 Å². The minimum absolute atomic E-state index is 0.0630. The van der Waals surface area contributed by atoms with Crippen LogP contribution in [0.1, 0.15) is 40.2 Å². The van der Waals surface area contributed by atoms with Crippen molar-refractivity contribution in [3.63, 3.8) is 0 Å². The van der Waals surface area contributed by atoms with Crippen molar-refractivity contribution in [2.75, 3.05) is 30.8 Å². The molecule has 3 aromatic rings. The van der Waals surface area contributed by atoms with Crippen LogP contribution in [0.4, 0.5) is 24.7 Å². The van der Waals surface area contributed by atoms with E-state index >= 15 is 0 Å². The minimum atomic E-state index is -4.93. The Labute approximate surface area is 211 Å². The molecule has 1 aliphatic rings. The van der Waals surface area contributed by atoms with Crippen LogP contribution < -0.4 is 15.4 Å². The number of alkyl halides is 3. The van der Waals surface area contributed by atoms with Gasteiger partial charge in [0, 0.05) is 32.3 Å². The topological polar surface area (TPSA) is 93.2 Å². The van der Waals surface area contributed by atoms with Gasteiger partial charge in [0.05, 0.1) is 21.8 Å². The number of piperidine rings is 1. The third-order valence-corrected chi connectivity index (χ3v) is 6.39. The van der Waals surface area contributed by atoms with Crippen LogP contribution in [0.15, 0.2) is 54.7 Å². The van der Waals surface area contributed by atoms with Gasteiger partial charge in [-0.2, -0.15) is 0 Å². The summed E-state index contributed by atoms with van der Waals surface area (Å²) in [4.78, 5) is 17.8. The molecule has 2 heterocycles. The van der Waals surface area contributed by atoms with E-state index in [1.165, 1.54) is 24.3 Å². The number of aromatic amines is 1. The van der Waals surface area contributed by atoms with Crippen molar-refractivity contribution in [1.29, 1.82) is 5.41 Å². The highest BCUT2D eigenvalue weighted by atomic mass is 35.5. The predicted octanol–water partition coefficient (Wildman–Crippen LogP) is 6.07. The fourth-order valence-corrected chi connectivity index (χ4v) is 4.57. The minimum Gasteiger partial charge on any atom is -0.404 e. The molecule has 4 rings (SSSR count). The van der Waals surface area contributed by atoms with Gasteiger partial charge < -0.3 is 25.3 Å². The summed E-state index contributed by atoms with van der Waals surface area (Å²) in [6.07, 6.45) is -1.59. The SMILES string of the molecule is CNc1[nH]ccc1C(=N)N1CCCC(c2ccc(OC(F)(F)F)c(NC(=O)c3ccccc3Cl)c2)C1. The number of hydrogen-bond acceptors (Lipinski definition) is 4. The van der Waals surface area contributed by atoms with E-state index in [0.29, 0.717) is 18.9 Å². The van der Waals surface area contributed by atoms with Crippen LogP contribution >= 0.6 is 11.6 Å². The molecule has 36 heavy (non-hydrogen) atoms. The van der Waals surface area contributed by atoms with E-state index in [1.54, 1.807) is 31.4 Å². The molecule has 1 aromatic heterocycles. The molecule has 0 radical (unpaired) electrons. The quantitative estimate of drug-likeness (QED) is 0.235. The molecule has 11 heteroatoms. The lowest BCUT2D eigenvalue weighted by Crippen LogP contribution is -2.39. The molecule has 1 atom stereocenters. The van der Waals surface area contributed by atoms with Gasteiger partial charge in [0.25, 0.3) is 5.91 Å². The number of carbonyl (C=O) groups is 1. The maximum Gasteiger partial charge on any atom is 0.573 e. The molecule has 2 aromatic carbocycles. The number of halogens is 4. The summed E-state index contributed by atoms with van der Waals surface area (Å²) >= 11 is 6.09. The normalized spacial score (nSPS) is 15.9. The molecule has 0 bridgehead atoms. The molecule has 1 saturated heterocycles. The molecular formula is C25H25ClF3N5O2. The van der Waals surface area contributed by atoms with Gasteiger partial charge in [0.2, 0.25) is 0 Å². The van der Waals surface area contributed by atoms with Gasteiger partial charge in [-0.1, -0.05) is 29.8 Å². The smallest absolute Gasteiger partial charge is 0.404 e. The number of benzene rings is 2. The molecular weight excluding hydrogens is 495 g/mol. The van der Waals surface area contributed by atoms with Gasteiger partial charge in [-0.05, 0) is 48.7 Å². The number of amidine groups is 1. The second-order valence-electron chi connectivity index (χ2n) is 8.39. The molecule has 190 valence electrons. The largest absolute Gasteiger partial charge is 0.573 e. The zero-order valence-electron chi connectivity index (χ0n) is 19.4. The molecule has 4 N–H and O–H groups in total. The first kappa shape index (κ1) is 25.4. The number of amides is 1. The van der Waals surface area contributed by atoms with Gasteiger partial charge in [-0.25, -0.2) is 0 Å². The monoisotopic (exact) mass is 519 g/mol. The molecule has 7 nitrogen and oxygen atoms in total. The van der Waals surface area contributed by atoms with E-state index in [4.69, 9.17) is 17.0 Å². The zero-order chi connectivity index (χ0) is 25.9. The molecule has 1 unspecified atom stereocenters.